The summed E-state index contributed by atoms with van der Waals surface area (Å²) in [5.41, 5.74) is 0. The van der Waals surface area contributed by atoms with E-state index in [9.17, 15) is 5.11 Å². The van der Waals surface area contributed by atoms with Crippen LogP contribution in [-0.2, 0) is 0 Å². The minimum Gasteiger partial charge on any atom is -0.391 e. The van der Waals surface area contributed by atoms with Gasteiger partial charge in [-0.25, -0.2) is 9.97 Å². The molecule has 1 aromatic heterocycles. The third kappa shape index (κ3) is 3.56. The molecule has 19 heavy (non-hydrogen) atoms. The van der Waals surface area contributed by atoms with Crippen LogP contribution in [0.5, 0.6) is 0 Å². The maximum Gasteiger partial charge on any atom is 0.135 e. The van der Waals surface area contributed by atoms with E-state index in [2.05, 4.69) is 41.0 Å². The Hall–Kier alpha value is -1.36. The molecule has 1 saturated heterocycles. The summed E-state index contributed by atoms with van der Waals surface area (Å²) >= 11 is 0. The zero-order valence-electron chi connectivity index (χ0n) is 12.1. The molecule has 1 aromatic rings. The summed E-state index contributed by atoms with van der Waals surface area (Å²) in [6, 6.07) is 1.99. The second kappa shape index (κ2) is 6.19. The van der Waals surface area contributed by atoms with Crippen LogP contribution in [0.25, 0.3) is 0 Å². The van der Waals surface area contributed by atoms with Gasteiger partial charge in [0.25, 0.3) is 0 Å². The maximum absolute atomic E-state index is 9.65. The highest BCUT2D eigenvalue weighted by Gasteiger charge is 2.22. The van der Waals surface area contributed by atoms with E-state index in [4.69, 9.17) is 0 Å². The van der Waals surface area contributed by atoms with Gasteiger partial charge in [-0.3, -0.25) is 0 Å². The number of aliphatic hydroxyl groups is 1. The first-order valence-electron chi connectivity index (χ1n) is 7.16. The number of aliphatic hydroxyl groups excluding tert-OH is 1. The monoisotopic (exact) mass is 264 g/mol. The van der Waals surface area contributed by atoms with E-state index in [1.807, 2.05) is 6.07 Å². The van der Waals surface area contributed by atoms with Crippen LogP contribution in [0.2, 0.25) is 0 Å². The van der Waals surface area contributed by atoms with Crippen LogP contribution in [0, 0.1) is 0 Å². The summed E-state index contributed by atoms with van der Waals surface area (Å²) in [6.45, 7) is 8.78. The molecule has 1 fully saturated rings. The van der Waals surface area contributed by atoms with Crippen LogP contribution in [-0.4, -0.2) is 40.8 Å². The van der Waals surface area contributed by atoms with Gasteiger partial charge in [-0.1, -0.05) is 20.8 Å². The lowest BCUT2D eigenvalue weighted by Gasteiger charge is -2.19. The Kier molecular flexibility index (Phi) is 4.58. The first kappa shape index (κ1) is 14.1. The van der Waals surface area contributed by atoms with E-state index >= 15 is 0 Å². The Bertz CT molecular complexity index is 422. The molecule has 0 spiro atoms. The molecule has 5 heteroatoms. The Morgan fingerprint density at radius 3 is 2.84 bits per heavy atom. The molecule has 0 bridgehead atoms. The minimum absolute atomic E-state index is 0.232. The van der Waals surface area contributed by atoms with Crippen LogP contribution >= 0.6 is 0 Å². The molecule has 2 heterocycles. The molecule has 106 valence electrons. The first-order valence-corrected chi connectivity index (χ1v) is 7.16. The lowest BCUT2D eigenvalue weighted by atomic mass is 10.2. The number of nitrogens with one attached hydrogen (secondary N) is 1. The lowest BCUT2D eigenvalue weighted by Crippen LogP contribution is -2.23. The quantitative estimate of drug-likeness (QED) is 0.851. The summed E-state index contributed by atoms with van der Waals surface area (Å²) in [5.74, 6) is 2.97. The van der Waals surface area contributed by atoms with E-state index in [0.717, 1.165) is 43.4 Å². The fourth-order valence-electron chi connectivity index (χ4n) is 2.17. The molecule has 0 amide bonds. The molecule has 0 saturated carbocycles. The number of aromatic nitrogens is 2. The van der Waals surface area contributed by atoms with Crippen LogP contribution in [0.3, 0.4) is 0 Å². The van der Waals surface area contributed by atoms with Gasteiger partial charge in [0.2, 0.25) is 0 Å². The van der Waals surface area contributed by atoms with Gasteiger partial charge in [0.05, 0.1) is 6.10 Å². The number of rotatable bonds is 5. The molecule has 1 atom stereocenters. The molecule has 2 rings (SSSR count). The third-order valence-electron chi connectivity index (χ3n) is 3.29. The van der Waals surface area contributed by atoms with Gasteiger partial charge in [-0.15, -0.1) is 0 Å². The Balaban J connectivity index is 2.23. The summed E-state index contributed by atoms with van der Waals surface area (Å²) < 4.78 is 0. The highest BCUT2D eigenvalue weighted by molar-refractivity contribution is 5.50. The zero-order valence-corrected chi connectivity index (χ0v) is 12.1. The third-order valence-corrected chi connectivity index (χ3v) is 3.29. The number of hydrogen-bond acceptors (Lipinski definition) is 5. The summed E-state index contributed by atoms with van der Waals surface area (Å²) in [5, 5.41) is 13.0. The molecular weight excluding hydrogens is 240 g/mol. The van der Waals surface area contributed by atoms with Gasteiger partial charge in [0.15, 0.2) is 0 Å². The second-order valence-electron chi connectivity index (χ2n) is 5.44. The molecule has 0 radical (unpaired) electrons. The van der Waals surface area contributed by atoms with E-state index in [1.54, 1.807) is 0 Å². The summed E-state index contributed by atoms with van der Waals surface area (Å²) in [6.07, 6.45) is 1.65. The second-order valence-corrected chi connectivity index (χ2v) is 5.44. The van der Waals surface area contributed by atoms with Crippen molar-refractivity contribution in [3.05, 3.63) is 11.9 Å². The average Bonchev–Trinajstić information content (AvgIpc) is 2.82. The van der Waals surface area contributed by atoms with Crippen molar-refractivity contribution in [2.75, 3.05) is 29.9 Å². The SMILES string of the molecule is CCCNc1cc(N2CCC(O)C2)nc(C(C)C)n1. The number of β-amino-alcohol motifs (C(OH)–C–C–N with tert-alkyl or cyclic N) is 1. The fourth-order valence-corrected chi connectivity index (χ4v) is 2.17. The number of anilines is 2. The van der Waals surface area contributed by atoms with Crippen LogP contribution in [0.15, 0.2) is 6.07 Å². The largest absolute Gasteiger partial charge is 0.391 e. The molecular formula is C14H24N4O. The van der Waals surface area contributed by atoms with Crippen molar-refractivity contribution in [3.8, 4) is 0 Å². The van der Waals surface area contributed by atoms with Crippen molar-refractivity contribution < 1.29 is 5.11 Å². The molecule has 1 aliphatic heterocycles. The Morgan fingerprint density at radius 1 is 1.47 bits per heavy atom. The highest BCUT2D eigenvalue weighted by Crippen LogP contribution is 2.23. The fraction of sp³-hybridized carbons (Fsp3) is 0.714. The van der Waals surface area contributed by atoms with Crippen molar-refractivity contribution in [1.29, 1.82) is 0 Å². The topological polar surface area (TPSA) is 61.3 Å². The van der Waals surface area contributed by atoms with E-state index in [-0.39, 0.29) is 6.10 Å². The molecule has 1 unspecified atom stereocenters. The Labute approximate surface area is 115 Å². The normalized spacial score (nSPS) is 19.2. The van der Waals surface area contributed by atoms with Gasteiger partial charge < -0.3 is 15.3 Å². The van der Waals surface area contributed by atoms with Gasteiger partial charge in [0.1, 0.15) is 17.5 Å². The minimum atomic E-state index is -0.232. The molecule has 5 nitrogen and oxygen atoms in total. The summed E-state index contributed by atoms with van der Waals surface area (Å²) in [4.78, 5) is 11.3. The predicted octanol–water partition coefficient (Wildman–Crippen LogP) is 1.99. The first-order chi connectivity index (χ1) is 9.10. The average molecular weight is 264 g/mol. The van der Waals surface area contributed by atoms with Crippen LogP contribution in [0.4, 0.5) is 11.6 Å². The maximum atomic E-state index is 9.65. The van der Waals surface area contributed by atoms with Crippen LogP contribution in [0.1, 0.15) is 45.4 Å². The predicted molar refractivity (Wildman–Crippen MR) is 77.7 cm³/mol. The summed E-state index contributed by atoms with van der Waals surface area (Å²) in [7, 11) is 0. The zero-order chi connectivity index (χ0) is 13.8. The molecule has 2 N–H and O–H groups in total. The number of hydrogen-bond donors (Lipinski definition) is 2. The molecule has 1 aliphatic rings. The Morgan fingerprint density at radius 2 is 2.26 bits per heavy atom. The van der Waals surface area contributed by atoms with Crippen molar-refractivity contribution in [2.45, 2.75) is 45.6 Å². The van der Waals surface area contributed by atoms with Crippen LogP contribution < -0.4 is 10.2 Å². The van der Waals surface area contributed by atoms with Crippen molar-refractivity contribution in [3.63, 3.8) is 0 Å². The molecule has 0 aliphatic carbocycles. The lowest BCUT2D eigenvalue weighted by molar-refractivity contribution is 0.198. The molecule has 0 aromatic carbocycles. The highest BCUT2D eigenvalue weighted by atomic mass is 16.3. The smallest absolute Gasteiger partial charge is 0.135 e. The van der Waals surface area contributed by atoms with Gasteiger partial charge in [0, 0.05) is 31.6 Å². The van der Waals surface area contributed by atoms with E-state index < -0.39 is 0 Å². The van der Waals surface area contributed by atoms with Gasteiger partial charge >= 0.3 is 0 Å². The number of nitrogens with zero attached hydrogens (tertiary/aromatic N) is 3. The van der Waals surface area contributed by atoms with E-state index in [1.165, 1.54) is 0 Å². The van der Waals surface area contributed by atoms with Crippen molar-refractivity contribution in [2.24, 2.45) is 0 Å². The van der Waals surface area contributed by atoms with E-state index in [0.29, 0.717) is 12.5 Å². The van der Waals surface area contributed by atoms with Crippen molar-refractivity contribution in [1.82, 2.24) is 9.97 Å². The van der Waals surface area contributed by atoms with Gasteiger partial charge in [-0.2, -0.15) is 0 Å². The van der Waals surface area contributed by atoms with Gasteiger partial charge in [-0.05, 0) is 12.8 Å². The van der Waals surface area contributed by atoms with Crippen molar-refractivity contribution >= 4 is 11.6 Å². The standard InChI is InChI=1S/C14H24N4O/c1-4-6-15-12-8-13(17-14(16-12)10(2)3)18-7-5-11(19)9-18/h8,10-11,19H,4-7,9H2,1-3H3,(H,15,16,17).